The topological polar surface area (TPSA) is 61.4 Å². The van der Waals surface area contributed by atoms with E-state index in [1.807, 2.05) is 30.3 Å². The number of likely N-dealkylation sites (N-methyl/N-ethyl adjacent to an activating group) is 1. The molecule has 31 heavy (non-hydrogen) atoms. The highest BCUT2D eigenvalue weighted by Gasteiger charge is 2.31. The fourth-order valence-corrected chi connectivity index (χ4v) is 3.53. The summed E-state index contributed by atoms with van der Waals surface area (Å²) in [5, 5.41) is 3.12. The molecule has 1 aromatic heterocycles. The van der Waals surface area contributed by atoms with Crippen molar-refractivity contribution in [1.82, 2.24) is 9.97 Å². The van der Waals surface area contributed by atoms with Crippen LogP contribution in [0.15, 0.2) is 60.9 Å². The SMILES string of the molecule is CN1CC(=O)N(c2ccccc2)Cc2c(NCc3cccc(C(F)(F)F)c3)ncnc21. The number of carbonyl (C=O) groups excluding carboxylic acids is 1. The van der Waals surface area contributed by atoms with Gasteiger partial charge in [-0.05, 0) is 29.8 Å². The zero-order valence-electron chi connectivity index (χ0n) is 16.7. The van der Waals surface area contributed by atoms with Crippen molar-refractivity contribution in [3.05, 3.63) is 77.6 Å². The van der Waals surface area contributed by atoms with Crippen molar-refractivity contribution >= 4 is 23.2 Å². The number of rotatable bonds is 4. The number of nitrogens with one attached hydrogen (secondary N) is 1. The maximum atomic E-state index is 13.0. The molecule has 0 bridgehead atoms. The summed E-state index contributed by atoms with van der Waals surface area (Å²) in [6, 6.07) is 14.4. The van der Waals surface area contributed by atoms with Gasteiger partial charge in [0.2, 0.25) is 5.91 Å². The highest BCUT2D eigenvalue weighted by Crippen LogP contribution is 2.31. The largest absolute Gasteiger partial charge is 0.416 e. The second kappa shape index (κ2) is 8.25. The maximum absolute atomic E-state index is 13.0. The minimum absolute atomic E-state index is 0.0875. The van der Waals surface area contributed by atoms with Gasteiger partial charge in [-0.25, -0.2) is 9.97 Å². The summed E-state index contributed by atoms with van der Waals surface area (Å²) in [5.41, 5.74) is 1.22. The van der Waals surface area contributed by atoms with Gasteiger partial charge in [0.1, 0.15) is 18.0 Å². The van der Waals surface area contributed by atoms with E-state index in [9.17, 15) is 18.0 Å². The van der Waals surface area contributed by atoms with Gasteiger partial charge >= 0.3 is 6.18 Å². The lowest BCUT2D eigenvalue weighted by molar-refractivity contribution is -0.137. The third-order valence-corrected chi connectivity index (χ3v) is 5.06. The van der Waals surface area contributed by atoms with E-state index in [0.717, 1.165) is 17.8 Å². The normalized spacial score (nSPS) is 14.3. The number of para-hydroxylation sites is 1. The Balaban J connectivity index is 1.63. The van der Waals surface area contributed by atoms with Crippen molar-refractivity contribution in [2.45, 2.75) is 19.3 Å². The molecule has 0 saturated heterocycles. The van der Waals surface area contributed by atoms with Crippen molar-refractivity contribution in [3.63, 3.8) is 0 Å². The quantitative estimate of drug-likeness (QED) is 0.680. The highest BCUT2D eigenvalue weighted by molar-refractivity contribution is 5.97. The smallest absolute Gasteiger partial charge is 0.366 e. The average molecular weight is 427 g/mol. The number of hydrogen-bond acceptors (Lipinski definition) is 5. The molecule has 0 atom stereocenters. The number of nitrogens with zero attached hydrogens (tertiary/aromatic N) is 4. The summed E-state index contributed by atoms with van der Waals surface area (Å²) in [5.74, 6) is 0.994. The predicted molar refractivity (Wildman–Crippen MR) is 112 cm³/mol. The van der Waals surface area contributed by atoms with Crippen molar-refractivity contribution in [2.75, 3.05) is 28.7 Å². The highest BCUT2D eigenvalue weighted by atomic mass is 19.4. The number of aromatic nitrogens is 2. The fourth-order valence-electron chi connectivity index (χ4n) is 3.53. The Bertz CT molecular complexity index is 1090. The first-order chi connectivity index (χ1) is 14.8. The summed E-state index contributed by atoms with van der Waals surface area (Å²) >= 11 is 0. The van der Waals surface area contributed by atoms with Crippen LogP contribution in [0.4, 0.5) is 30.5 Å². The van der Waals surface area contributed by atoms with Gasteiger partial charge in [0, 0.05) is 19.3 Å². The van der Waals surface area contributed by atoms with Crippen molar-refractivity contribution in [3.8, 4) is 0 Å². The van der Waals surface area contributed by atoms with Crippen LogP contribution in [0.3, 0.4) is 0 Å². The molecular formula is C22H20F3N5O. The van der Waals surface area contributed by atoms with E-state index in [1.54, 1.807) is 22.9 Å². The number of hydrogen-bond donors (Lipinski definition) is 1. The van der Waals surface area contributed by atoms with Crippen LogP contribution in [0.2, 0.25) is 0 Å². The van der Waals surface area contributed by atoms with Gasteiger partial charge in [0.15, 0.2) is 0 Å². The first-order valence-electron chi connectivity index (χ1n) is 9.63. The standard InChI is InChI=1S/C22H20F3N5O/c1-29-13-19(31)30(17-8-3-2-4-9-17)12-18-20(27-14-28-21(18)29)26-11-15-6-5-7-16(10-15)22(23,24)25/h2-10,14H,11-13H2,1H3,(H,26,27,28). The summed E-state index contributed by atoms with van der Waals surface area (Å²) in [4.78, 5) is 24.9. The summed E-state index contributed by atoms with van der Waals surface area (Å²) in [6.07, 6.45) is -3.02. The van der Waals surface area contributed by atoms with Gasteiger partial charge in [-0.1, -0.05) is 30.3 Å². The Labute approximate surface area is 177 Å². The average Bonchev–Trinajstić information content (AvgIpc) is 2.88. The third kappa shape index (κ3) is 4.45. The first kappa shape index (κ1) is 20.6. The molecule has 0 radical (unpaired) electrons. The molecule has 0 unspecified atom stereocenters. The van der Waals surface area contributed by atoms with Gasteiger partial charge in [0.25, 0.3) is 0 Å². The van der Waals surface area contributed by atoms with Gasteiger partial charge in [-0.2, -0.15) is 13.2 Å². The van der Waals surface area contributed by atoms with E-state index in [1.165, 1.54) is 12.4 Å². The number of amides is 1. The molecule has 0 fully saturated rings. The van der Waals surface area contributed by atoms with Crippen molar-refractivity contribution in [2.24, 2.45) is 0 Å². The van der Waals surface area contributed by atoms with Crippen LogP contribution in [-0.2, 0) is 24.1 Å². The van der Waals surface area contributed by atoms with Crippen molar-refractivity contribution < 1.29 is 18.0 Å². The van der Waals surface area contributed by atoms with Crippen molar-refractivity contribution in [1.29, 1.82) is 0 Å². The summed E-state index contributed by atoms with van der Waals surface area (Å²) < 4.78 is 39.0. The Morgan fingerprint density at radius 1 is 1.03 bits per heavy atom. The molecule has 1 aliphatic rings. The lowest BCUT2D eigenvalue weighted by Crippen LogP contribution is -2.35. The predicted octanol–water partition coefficient (Wildman–Crippen LogP) is 4.09. The maximum Gasteiger partial charge on any atom is 0.416 e. The fraction of sp³-hybridized carbons (Fsp3) is 0.227. The van der Waals surface area contributed by atoms with Crippen LogP contribution in [0, 0.1) is 0 Å². The van der Waals surface area contributed by atoms with Crippen LogP contribution in [0.25, 0.3) is 0 Å². The van der Waals surface area contributed by atoms with Crippen LogP contribution in [0.1, 0.15) is 16.7 Å². The lowest BCUT2D eigenvalue weighted by Gasteiger charge is -2.21. The van der Waals surface area contributed by atoms with Crippen LogP contribution >= 0.6 is 0 Å². The molecule has 160 valence electrons. The van der Waals surface area contributed by atoms with Crippen LogP contribution < -0.4 is 15.1 Å². The summed E-state index contributed by atoms with van der Waals surface area (Å²) in [7, 11) is 1.77. The number of halogens is 3. The Hall–Kier alpha value is -3.62. The zero-order valence-corrected chi connectivity index (χ0v) is 16.7. The molecule has 0 aliphatic carbocycles. The molecule has 1 N–H and O–H groups in total. The second-order valence-corrected chi connectivity index (χ2v) is 7.25. The number of benzene rings is 2. The molecule has 2 aromatic carbocycles. The first-order valence-corrected chi connectivity index (χ1v) is 9.63. The molecule has 1 amide bonds. The molecule has 6 nitrogen and oxygen atoms in total. The lowest BCUT2D eigenvalue weighted by atomic mass is 10.1. The molecule has 1 aliphatic heterocycles. The Morgan fingerprint density at radius 2 is 1.81 bits per heavy atom. The van der Waals surface area contributed by atoms with E-state index < -0.39 is 11.7 Å². The molecule has 0 saturated carbocycles. The molecule has 2 heterocycles. The molecule has 9 heteroatoms. The van der Waals surface area contributed by atoms with Crippen LogP contribution in [0.5, 0.6) is 0 Å². The van der Waals surface area contributed by atoms with Crippen LogP contribution in [-0.4, -0.2) is 29.5 Å². The van der Waals surface area contributed by atoms with E-state index in [4.69, 9.17) is 0 Å². The van der Waals surface area contributed by atoms with Gasteiger partial charge in [-0.15, -0.1) is 0 Å². The Kier molecular flexibility index (Phi) is 5.50. The minimum Gasteiger partial charge on any atom is -0.366 e. The summed E-state index contributed by atoms with van der Waals surface area (Å²) in [6.45, 7) is 0.538. The molecule has 0 spiro atoms. The zero-order chi connectivity index (χ0) is 22.0. The van der Waals surface area contributed by atoms with E-state index in [0.29, 0.717) is 22.8 Å². The van der Waals surface area contributed by atoms with E-state index in [2.05, 4.69) is 15.3 Å². The third-order valence-electron chi connectivity index (χ3n) is 5.06. The number of fused-ring (bicyclic) bond motifs is 1. The molecule has 3 aromatic rings. The second-order valence-electron chi connectivity index (χ2n) is 7.25. The van der Waals surface area contributed by atoms with E-state index >= 15 is 0 Å². The minimum atomic E-state index is -4.40. The number of anilines is 3. The van der Waals surface area contributed by atoms with Gasteiger partial charge < -0.3 is 15.1 Å². The molecule has 4 rings (SSSR count). The molecular weight excluding hydrogens is 407 g/mol. The number of alkyl halides is 3. The van der Waals surface area contributed by atoms with E-state index in [-0.39, 0.29) is 25.5 Å². The monoisotopic (exact) mass is 427 g/mol. The Morgan fingerprint density at radius 3 is 2.55 bits per heavy atom. The van der Waals surface area contributed by atoms with Gasteiger partial charge in [0.05, 0.1) is 24.2 Å². The van der Waals surface area contributed by atoms with Gasteiger partial charge in [-0.3, -0.25) is 4.79 Å². The number of carbonyl (C=O) groups is 1.